The van der Waals surface area contributed by atoms with Gasteiger partial charge in [-0.05, 0) is 6.42 Å². The number of carboxylic acids is 1. The van der Waals surface area contributed by atoms with Gasteiger partial charge in [-0.2, -0.15) is 0 Å². The van der Waals surface area contributed by atoms with Gasteiger partial charge in [-0.25, -0.2) is 0 Å². The third kappa shape index (κ3) is 4.21. The zero-order valence-corrected chi connectivity index (χ0v) is 11.9. The Kier molecular flexibility index (Phi) is 5.97. The van der Waals surface area contributed by atoms with Crippen molar-refractivity contribution in [3.63, 3.8) is 0 Å². The standard InChI is InChI=1S/C11H20N4O2S/c1-4-5-6-7-14(2)10-12-13-11(15(10)3)18-8-9(16)17/h4-8H2,1-3H3,(H,16,17). The number of rotatable bonds is 8. The molecule has 0 saturated heterocycles. The fraction of sp³-hybridized carbons (Fsp3) is 0.727. The quantitative estimate of drug-likeness (QED) is 0.573. The van der Waals surface area contributed by atoms with E-state index in [1.165, 1.54) is 24.6 Å². The normalized spacial score (nSPS) is 10.6. The van der Waals surface area contributed by atoms with E-state index in [-0.39, 0.29) is 5.75 Å². The van der Waals surface area contributed by atoms with Gasteiger partial charge in [0.2, 0.25) is 5.95 Å². The number of carboxylic acid groups (broad SMARTS) is 1. The molecule has 102 valence electrons. The van der Waals surface area contributed by atoms with Crippen molar-refractivity contribution in [2.75, 3.05) is 24.2 Å². The maximum Gasteiger partial charge on any atom is 0.313 e. The topological polar surface area (TPSA) is 71.2 Å². The van der Waals surface area contributed by atoms with E-state index < -0.39 is 5.97 Å². The molecule has 0 aliphatic heterocycles. The van der Waals surface area contributed by atoms with Crippen molar-refractivity contribution in [1.82, 2.24) is 14.8 Å². The van der Waals surface area contributed by atoms with Crippen molar-refractivity contribution in [3.05, 3.63) is 0 Å². The molecule has 1 N–H and O–H groups in total. The molecule has 0 amide bonds. The van der Waals surface area contributed by atoms with Crippen molar-refractivity contribution in [3.8, 4) is 0 Å². The van der Waals surface area contributed by atoms with Crippen LogP contribution in [0.3, 0.4) is 0 Å². The molecule has 1 aromatic rings. The van der Waals surface area contributed by atoms with Crippen LogP contribution < -0.4 is 4.90 Å². The zero-order chi connectivity index (χ0) is 13.5. The lowest BCUT2D eigenvalue weighted by Crippen LogP contribution is -2.22. The van der Waals surface area contributed by atoms with Crippen LogP contribution in [0.25, 0.3) is 0 Å². The number of aliphatic carboxylic acids is 1. The highest BCUT2D eigenvalue weighted by molar-refractivity contribution is 7.99. The van der Waals surface area contributed by atoms with Crippen LogP contribution in [-0.2, 0) is 11.8 Å². The van der Waals surface area contributed by atoms with E-state index in [2.05, 4.69) is 17.1 Å². The smallest absolute Gasteiger partial charge is 0.313 e. The maximum atomic E-state index is 10.5. The number of carbonyl (C=O) groups is 1. The molecule has 0 bridgehead atoms. The van der Waals surface area contributed by atoms with E-state index in [1.807, 2.05) is 23.6 Å². The van der Waals surface area contributed by atoms with Gasteiger partial charge in [-0.15, -0.1) is 10.2 Å². The molecule has 0 aliphatic carbocycles. The summed E-state index contributed by atoms with van der Waals surface area (Å²) in [5, 5.41) is 17.4. The van der Waals surface area contributed by atoms with Crippen molar-refractivity contribution in [1.29, 1.82) is 0 Å². The van der Waals surface area contributed by atoms with E-state index in [0.29, 0.717) is 5.16 Å². The predicted molar refractivity (Wildman–Crippen MR) is 72.2 cm³/mol. The summed E-state index contributed by atoms with van der Waals surface area (Å²) in [6.07, 6.45) is 3.51. The molecule has 0 fully saturated rings. The molecular weight excluding hydrogens is 252 g/mol. The highest BCUT2D eigenvalue weighted by Crippen LogP contribution is 2.19. The van der Waals surface area contributed by atoms with E-state index in [9.17, 15) is 4.79 Å². The number of unbranched alkanes of at least 4 members (excludes halogenated alkanes) is 2. The van der Waals surface area contributed by atoms with Crippen molar-refractivity contribution >= 4 is 23.7 Å². The molecule has 7 heteroatoms. The number of nitrogens with zero attached hydrogens (tertiary/aromatic N) is 4. The third-order valence-corrected chi connectivity index (χ3v) is 3.58. The van der Waals surface area contributed by atoms with E-state index in [4.69, 9.17) is 5.11 Å². The minimum Gasteiger partial charge on any atom is -0.481 e. The molecule has 0 unspecified atom stereocenters. The van der Waals surface area contributed by atoms with Gasteiger partial charge in [0.15, 0.2) is 5.16 Å². The predicted octanol–water partition coefficient (Wildman–Crippen LogP) is 1.62. The van der Waals surface area contributed by atoms with E-state index >= 15 is 0 Å². The lowest BCUT2D eigenvalue weighted by molar-refractivity contribution is -0.133. The Morgan fingerprint density at radius 1 is 1.44 bits per heavy atom. The Morgan fingerprint density at radius 2 is 2.17 bits per heavy atom. The third-order valence-electron chi connectivity index (χ3n) is 2.58. The molecule has 0 radical (unpaired) electrons. The van der Waals surface area contributed by atoms with Crippen molar-refractivity contribution in [2.45, 2.75) is 31.3 Å². The largest absolute Gasteiger partial charge is 0.481 e. The van der Waals surface area contributed by atoms with Crippen LogP contribution >= 0.6 is 11.8 Å². The first-order chi connectivity index (χ1) is 8.56. The van der Waals surface area contributed by atoms with Crippen LogP contribution in [0.1, 0.15) is 26.2 Å². The monoisotopic (exact) mass is 272 g/mol. The van der Waals surface area contributed by atoms with Crippen LogP contribution in [0.4, 0.5) is 5.95 Å². The summed E-state index contributed by atoms with van der Waals surface area (Å²) in [5.74, 6) is -0.0641. The van der Waals surface area contributed by atoms with Gasteiger partial charge >= 0.3 is 5.97 Å². The Bertz CT molecular complexity index is 394. The molecule has 1 rings (SSSR count). The van der Waals surface area contributed by atoms with Gasteiger partial charge in [-0.1, -0.05) is 31.5 Å². The fourth-order valence-corrected chi connectivity index (χ4v) is 2.22. The molecule has 0 saturated carbocycles. The molecule has 0 aromatic carbocycles. The van der Waals surface area contributed by atoms with Crippen LogP contribution in [0.15, 0.2) is 5.16 Å². The summed E-state index contributed by atoms with van der Waals surface area (Å²) in [5.41, 5.74) is 0. The Labute approximate surface area is 111 Å². The summed E-state index contributed by atoms with van der Waals surface area (Å²) < 4.78 is 1.83. The second kappa shape index (κ2) is 7.25. The SMILES string of the molecule is CCCCCN(C)c1nnc(SCC(=O)O)n1C. The summed E-state index contributed by atoms with van der Waals surface area (Å²) in [7, 11) is 3.83. The van der Waals surface area contributed by atoms with Crippen LogP contribution in [0.2, 0.25) is 0 Å². The van der Waals surface area contributed by atoms with E-state index in [0.717, 1.165) is 18.9 Å². The van der Waals surface area contributed by atoms with E-state index in [1.54, 1.807) is 0 Å². The van der Waals surface area contributed by atoms with Crippen LogP contribution in [0.5, 0.6) is 0 Å². The van der Waals surface area contributed by atoms with Gasteiger partial charge in [0, 0.05) is 20.6 Å². The zero-order valence-electron chi connectivity index (χ0n) is 11.1. The average molecular weight is 272 g/mol. The molecule has 1 heterocycles. The minimum atomic E-state index is -0.846. The second-order valence-corrected chi connectivity index (χ2v) is 5.10. The van der Waals surface area contributed by atoms with Crippen molar-refractivity contribution < 1.29 is 9.90 Å². The number of anilines is 1. The highest BCUT2D eigenvalue weighted by Gasteiger charge is 2.13. The van der Waals surface area contributed by atoms with Gasteiger partial charge in [0.1, 0.15) is 0 Å². The lowest BCUT2D eigenvalue weighted by atomic mass is 10.2. The highest BCUT2D eigenvalue weighted by atomic mass is 32.2. The minimum absolute atomic E-state index is 0.00548. The fourth-order valence-electron chi connectivity index (χ4n) is 1.59. The van der Waals surface area contributed by atoms with Gasteiger partial charge < -0.3 is 10.0 Å². The summed E-state index contributed by atoms with van der Waals surface area (Å²) in [6, 6.07) is 0. The first-order valence-corrected chi connectivity index (χ1v) is 7.00. The maximum absolute atomic E-state index is 10.5. The lowest BCUT2D eigenvalue weighted by Gasteiger charge is -2.17. The van der Waals surface area contributed by atoms with Crippen molar-refractivity contribution in [2.24, 2.45) is 7.05 Å². The summed E-state index contributed by atoms with van der Waals surface area (Å²) in [4.78, 5) is 12.6. The van der Waals surface area contributed by atoms with Gasteiger partial charge in [-0.3, -0.25) is 9.36 Å². The van der Waals surface area contributed by atoms with Crippen LogP contribution in [-0.4, -0.2) is 45.2 Å². The average Bonchev–Trinajstić information content (AvgIpc) is 2.68. The first-order valence-electron chi connectivity index (χ1n) is 6.01. The Morgan fingerprint density at radius 3 is 2.78 bits per heavy atom. The molecule has 0 aliphatic rings. The van der Waals surface area contributed by atoms with Gasteiger partial charge in [0.25, 0.3) is 0 Å². The Balaban J connectivity index is 2.58. The summed E-state index contributed by atoms with van der Waals surface area (Å²) in [6.45, 7) is 3.10. The Hall–Kier alpha value is -1.24. The van der Waals surface area contributed by atoms with Crippen LogP contribution in [0, 0.1) is 0 Å². The first kappa shape index (κ1) is 14.8. The summed E-state index contributed by atoms with van der Waals surface area (Å²) >= 11 is 1.18. The molecule has 18 heavy (non-hydrogen) atoms. The molecule has 6 nitrogen and oxygen atoms in total. The molecular formula is C11H20N4O2S. The number of hydrogen-bond donors (Lipinski definition) is 1. The van der Waals surface area contributed by atoms with Gasteiger partial charge in [0.05, 0.1) is 5.75 Å². The number of aromatic nitrogens is 3. The number of thioether (sulfide) groups is 1. The molecule has 1 aromatic heterocycles. The second-order valence-electron chi connectivity index (χ2n) is 4.15. The molecule has 0 spiro atoms. The molecule has 0 atom stereocenters. The number of hydrogen-bond acceptors (Lipinski definition) is 5.